The molecule has 23 heavy (non-hydrogen) atoms. The van der Waals surface area contributed by atoms with E-state index in [0.29, 0.717) is 5.56 Å². The first-order chi connectivity index (χ1) is 11.3. The smallest absolute Gasteiger partial charge is 0.249 e. The fraction of sp³-hybridized carbons (Fsp3) is 0. The molecule has 0 fully saturated rings. The van der Waals surface area contributed by atoms with E-state index in [4.69, 9.17) is 5.73 Å². The Balaban J connectivity index is 2.24. The first-order valence-corrected chi connectivity index (χ1v) is 7.64. The molecule has 2 N–H and O–H groups in total. The molecule has 0 aromatic heterocycles. The van der Waals surface area contributed by atoms with Crippen molar-refractivity contribution >= 4 is 49.0 Å². The summed E-state index contributed by atoms with van der Waals surface area (Å²) in [7, 11) is 0. The number of carbonyl (C=O) groups excluding carboxylic acids is 1. The van der Waals surface area contributed by atoms with Gasteiger partial charge in [0, 0.05) is 0 Å². The number of benzene rings is 5. The van der Waals surface area contributed by atoms with E-state index in [1.807, 2.05) is 24.3 Å². The average Bonchev–Trinajstić information content (AvgIpc) is 2.58. The van der Waals surface area contributed by atoms with Crippen molar-refractivity contribution < 1.29 is 4.79 Å². The van der Waals surface area contributed by atoms with Gasteiger partial charge in [-0.25, -0.2) is 0 Å². The second-order valence-electron chi connectivity index (χ2n) is 5.97. The molecule has 108 valence electrons. The van der Waals surface area contributed by atoms with Crippen LogP contribution < -0.4 is 5.73 Å². The summed E-state index contributed by atoms with van der Waals surface area (Å²) >= 11 is 0. The molecule has 5 rings (SSSR count). The Morgan fingerprint density at radius 1 is 0.609 bits per heavy atom. The van der Waals surface area contributed by atoms with Crippen molar-refractivity contribution in [2.45, 2.75) is 0 Å². The molecule has 0 aliphatic heterocycles. The second kappa shape index (κ2) is 4.20. The van der Waals surface area contributed by atoms with Crippen molar-refractivity contribution in [1.82, 2.24) is 0 Å². The Hall–Kier alpha value is -3.13. The van der Waals surface area contributed by atoms with E-state index in [1.54, 1.807) is 0 Å². The summed E-state index contributed by atoms with van der Waals surface area (Å²) in [6.07, 6.45) is 0. The third kappa shape index (κ3) is 1.50. The highest BCUT2D eigenvalue weighted by molar-refractivity contribution is 6.33. The Bertz CT molecular complexity index is 1220. The van der Waals surface area contributed by atoms with E-state index in [1.165, 1.54) is 21.5 Å². The van der Waals surface area contributed by atoms with Crippen LogP contribution in [0.4, 0.5) is 0 Å². The van der Waals surface area contributed by atoms with Gasteiger partial charge in [0.2, 0.25) is 5.91 Å². The van der Waals surface area contributed by atoms with Crippen LogP contribution in [0.1, 0.15) is 10.4 Å². The molecule has 2 nitrogen and oxygen atoms in total. The lowest BCUT2D eigenvalue weighted by atomic mass is 9.87. The molecule has 5 aromatic carbocycles. The Morgan fingerprint density at radius 3 is 1.96 bits per heavy atom. The molecule has 0 aliphatic rings. The summed E-state index contributed by atoms with van der Waals surface area (Å²) in [5, 5.41) is 8.82. The summed E-state index contributed by atoms with van der Waals surface area (Å²) in [4.78, 5) is 12.2. The number of nitrogens with two attached hydrogens (primary N) is 1. The molecule has 0 atom stereocenters. The number of carbonyl (C=O) groups is 1. The molecule has 0 aliphatic carbocycles. The lowest BCUT2D eigenvalue weighted by Gasteiger charge is -2.16. The highest BCUT2D eigenvalue weighted by atomic mass is 16.1. The minimum atomic E-state index is -0.376. The van der Waals surface area contributed by atoms with Gasteiger partial charge in [0.1, 0.15) is 0 Å². The van der Waals surface area contributed by atoms with E-state index < -0.39 is 0 Å². The third-order valence-corrected chi connectivity index (χ3v) is 4.78. The highest BCUT2D eigenvalue weighted by Gasteiger charge is 2.17. The highest BCUT2D eigenvalue weighted by Crippen LogP contribution is 2.40. The summed E-state index contributed by atoms with van der Waals surface area (Å²) in [6, 6.07) is 22.7. The molecule has 0 unspecified atom stereocenters. The summed E-state index contributed by atoms with van der Waals surface area (Å²) < 4.78 is 0. The summed E-state index contributed by atoms with van der Waals surface area (Å²) in [5.41, 5.74) is 6.36. The number of rotatable bonds is 1. The molecule has 2 heteroatoms. The van der Waals surface area contributed by atoms with Crippen LogP contribution in [-0.2, 0) is 0 Å². The predicted octanol–water partition coefficient (Wildman–Crippen LogP) is 4.84. The molecular weight excluding hydrogens is 282 g/mol. The van der Waals surface area contributed by atoms with Gasteiger partial charge in [-0.1, -0.05) is 66.7 Å². The van der Waals surface area contributed by atoms with E-state index in [9.17, 15) is 4.79 Å². The summed E-state index contributed by atoms with van der Waals surface area (Å²) in [6.45, 7) is 0. The summed E-state index contributed by atoms with van der Waals surface area (Å²) in [5.74, 6) is -0.376. The number of primary amides is 1. The van der Waals surface area contributed by atoms with Gasteiger partial charge in [-0.05, 0) is 43.1 Å². The second-order valence-corrected chi connectivity index (χ2v) is 5.97. The van der Waals surface area contributed by atoms with Gasteiger partial charge in [0.25, 0.3) is 0 Å². The van der Waals surface area contributed by atoms with Crippen LogP contribution in [0.2, 0.25) is 0 Å². The quantitative estimate of drug-likeness (QED) is 0.349. The number of hydrogen-bond donors (Lipinski definition) is 1. The number of hydrogen-bond acceptors (Lipinski definition) is 1. The molecule has 1 amide bonds. The third-order valence-electron chi connectivity index (χ3n) is 4.78. The predicted molar refractivity (Wildman–Crippen MR) is 96.2 cm³/mol. The zero-order valence-corrected chi connectivity index (χ0v) is 12.3. The largest absolute Gasteiger partial charge is 0.366 e. The van der Waals surface area contributed by atoms with Crippen LogP contribution in [0.3, 0.4) is 0 Å². The van der Waals surface area contributed by atoms with Crippen LogP contribution in [0.15, 0.2) is 66.7 Å². The lowest BCUT2D eigenvalue weighted by molar-refractivity contribution is 0.100. The zero-order chi connectivity index (χ0) is 15.6. The molecule has 0 saturated carbocycles. The van der Waals surface area contributed by atoms with Crippen LogP contribution in [0.5, 0.6) is 0 Å². The molecular formula is C21H13NO. The van der Waals surface area contributed by atoms with E-state index in [-0.39, 0.29) is 5.91 Å². The van der Waals surface area contributed by atoms with Gasteiger partial charge in [-0.3, -0.25) is 4.79 Å². The van der Waals surface area contributed by atoms with Crippen LogP contribution in [-0.4, -0.2) is 5.91 Å². The first kappa shape index (κ1) is 12.4. The van der Waals surface area contributed by atoms with E-state index in [0.717, 1.165) is 21.5 Å². The van der Waals surface area contributed by atoms with Gasteiger partial charge < -0.3 is 5.73 Å². The van der Waals surface area contributed by atoms with Crippen LogP contribution in [0.25, 0.3) is 43.1 Å². The molecule has 0 bridgehead atoms. The number of amides is 1. The van der Waals surface area contributed by atoms with Gasteiger partial charge >= 0.3 is 0 Å². The van der Waals surface area contributed by atoms with Crippen molar-refractivity contribution in [3.63, 3.8) is 0 Å². The molecule has 5 aromatic rings. The van der Waals surface area contributed by atoms with Crippen molar-refractivity contribution in [3.8, 4) is 0 Å². The van der Waals surface area contributed by atoms with Crippen molar-refractivity contribution in [2.24, 2.45) is 5.73 Å². The fourth-order valence-corrected chi connectivity index (χ4v) is 3.86. The Labute approximate surface area is 132 Å². The molecule has 0 heterocycles. The zero-order valence-electron chi connectivity index (χ0n) is 12.3. The topological polar surface area (TPSA) is 43.1 Å². The van der Waals surface area contributed by atoms with Gasteiger partial charge in [-0.15, -0.1) is 0 Å². The molecule has 0 radical (unpaired) electrons. The van der Waals surface area contributed by atoms with Crippen molar-refractivity contribution in [3.05, 3.63) is 72.3 Å². The van der Waals surface area contributed by atoms with Crippen LogP contribution >= 0.6 is 0 Å². The fourth-order valence-electron chi connectivity index (χ4n) is 3.86. The van der Waals surface area contributed by atoms with Crippen molar-refractivity contribution in [1.29, 1.82) is 0 Å². The standard InChI is InChI=1S/C21H13NO/c22-21(23)20-15-7-2-1-6-14(15)16-10-8-12-4-3-5-13-9-11-17(20)19(16)18(12)13/h1-11H,(H2,22,23). The van der Waals surface area contributed by atoms with Crippen LogP contribution in [0, 0.1) is 0 Å². The van der Waals surface area contributed by atoms with E-state index in [2.05, 4.69) is 42.5 Å². The first-order valence-electron chi connectivity index (χ1n) is 7.64. The maximum absolute atomic E-state index is 12.2. The lowest BCUT2D eigenvalue weighted by Crippen LogP contribution is -2.12. The van der Waals surface area contributed by atoms with Gasteiger partial charge in [0.05, 0.1) is 5.56 Å². The van der Waals surface area contributed by atoms with Gasteiger partial charge in [-0.2, -0.15) is 0 Å². The number of fused-ring (bicyclic) bond motifs is 2. The Kier molecular flexibility index (Phi) is 2.27. The minimum Gasteiger partial charge on any atom is -0.366 e. The molecule has 0 spiro atoms. The maximum atomic E-state index is 12.2. The maximum Gasteiger partial charge on any atom is 0.249 e. The molecule has 0 saturated heterocycles. The van der Waals surface area contributed by atoms with E-state index >= 15 is 0 Å². The SMILES string of the molecule is NC(=O)c1c2ccccc2c2ccc3cccc4ccc1c2c43. The van der Waals surface area contributed by atoms with Gasteiger partial charge in [0.15, 0.2) is 0 Å². The average molecular weight is 295 g/mol. The minimum absolute atomic E-state index is 0.376. The monoisotopic (exact) mass is 295 g/mol. The Morgan fingerprint density at radius 2 is 1.26 bits per heavy atom. The normalized spacial score (nSPS) is 11.8. The van der Waals surface area contributed by atoms with Crippen molar-refractivity contribution in [2.75, 3.05) is 0 Å².